The summed E-state index contributed by atoms with van der Waals surface area (Å²) in [5.41, 5.74) is 12.7. The maximum absolute atomic E-state index is 10.9. The Morgan fingerprint density at radius 2 is 1.84 bits per heavy atom. The van der Waals surface area contributed by atoms with Gasteiger partial charge in [-0.05, 0) is 42.0 Å². The highest BCUT2D eigenvalue weighted by Gasteiger charge is 2.02. The molecule has 0 bridgehead atoms. The van der Waals surface area contributed by atoms with Crippen LogP contribution in [0.1, 0.15) is 15.9 Å². The average Bonchev–Trinajstić information content (AvgIpc) is 2.40. The lowest BCUT2D eigenvalue weighted by Crippen LogP contribution is -2.10. The number of nitrogens with two attached hydrogens (primary N) is 2. The Balaban J connectivity index is 2.01. The third-order valence-electron chi connectivity index (χ3n) is 2.60. The van der Waals surface area contributed by atoms with E-state index in [1.165, 1.54) is 0 Å². The van der Waals surface area contributed by atoms with Gasteiger partial charge in [-0.25, -0.2) is 0 Å². The van der Waals surface area contributed by atoms with E-state index in [1.807, 2.05) is 6.07 Å². The molecule has 0 spiro atoms. The highest BCUT2D eigenvalue weighted by molar-refractivity contribution is 6.33. The molecule has 2 aromatic rings. The van der Waals surface area contributed by atoms with Crippen molar-refractivity contribution in [1.82, 2.24) is 0 Å². The molecule has 0 saturated carbocycles. The first kappa shape index (κ1) is 13.2. The van der Waals surface area contributed by atoms with E-state index in [1.54, 1.807) is 36.4 Å². The maximum atomic E-state index is 10.9. The number of ether oxygens (including phenoxy) is 1. The fourth-order valence-corrected chi connectivity index (χ4v) is 1.68. The lowest BCUT2D eigenvalue weighted by Gasteiger charge is -2.08. The second-order valence-corrected chi connectivity index (χ2v) is 4.44. The Kier molecular flexibility index (Phi) is 3.92. The molecule has 0 atom stereocenters. The molecule has 0 unspecified atom stereocenters. The maximum Gasteiger partial charge on any atom is 0.248 e. The van der Waals surface area contributed by atoms with Gasteiger partial charge in [0, 0.05) is 5.56 Å². The largest absolute Gasteiger partial charge is 0.489 e. The number of amides is 1. The monoisotopic (exact) mass is 276 g/mol. The minimum Gasteiger partial charge on any atom is -0.489 e. The molecule has 0 aliphatic carbocycles. The number of benzene rings is 2. The number of hydrogen-bond donors (Lipinski definition) is 2. The summed E-state index contributed by atoms with van der Waals surface area (Å²) in [5.74, 6) is 0.190. The van der Waals surface area contributed by atoms with Crippen LogP contribution >= 0.6 is 11.6 Å². The van der Waals surface area contributed by atoms with Crippen LogP contribution in [0.2, 0.25) is 5.02 Å². The van der Waals surface area contributed by atoms with Gasteiger partial charge in [-0.15, -0.1) is 0 Å². The lowest BCUT2D eigenvalue weighted by atomic mass is 10.2. The number of carbonyl (C=O) groups is 1. The highest BCUT2D eigenvalue weighted by atomic mass is 35.5. The van der Waals surface area contributed by atoms with Crippen LogP contribution in [0.5, 0.6) is 5.75 Å². The van der Waals surface area contributed by atoms with E-state index in [9.17, 15) is 4.79 Å². The summed E-state index contributed by atoms with van der Waals surface area (Å²) in [6, 6.07) is 12.0. The summed E-state index contributed by atoms with van der Waals surface area (Å²) in [4.78, 5) is 10.9. The molecule has 0 aliphatic rings. The zero-order valence-corrected chi connectivity index (χ0v) is 10.9. The number of carbonyl (C=O) groups excluding carboxylic acids is 1. The van der Waals surface area contributed by atoms with Crippen LogP contribution in [0.25, 0.3) is 0 Å². The van der Waals surface area contributed by atoms with Crippen molar-refractivity contribution in [2.24, 2.45) is 5.73 Å². The summed E-state index contributed by atoms with van der Waals surface area (Å²) < 4.78 is 5.57. The van der Waals surface area contributed by atoms with Crippen LogP contribution in [0.4, 0.5) is 5.69 Å². The Hall–Kier alpha value is -2.20. The van der Waals surface area contributed by atoms with Gasteiger partial charge in [-0.3, -0.25) is 4.79 Å². The number of primary amides is 1. The Morgan fingerprint density at radius 1 is 1.16 bits per heavy atom. The average molecular weight is 277 g/mol. The molecule has 0 heterocycles. The Labute approximate surface area is 115 Å². The quantitative estimate of drug-likeness (QED) is 0.843. The highest BCUT2D eigenvalue weighted by Crippen LogP contribution is 2.21. The SMILES string of the molecule is NC(=O)c1ccc(OCc2ccc(Cl)c(N)c2)cc1. The Morgan fingerprint density at radius 3 is 2.42 bits per heavy atom. The van der Waals surface area contributed by atoms with Crippen LogP contribution in [0.15, 0.2) is 42.5 Å². The summed E-state index contributed by atoms with van der Waals surface area (Å²) in [7, 11) is 0. The van der Waals surface area contributed by atoms with E-state index in [-0.39, 0.29) is 0 Å². The molecule has 0 radical (unpaired) electrons. The molecule has 0 saturated heterocycles. The van der Waals surface area contributed by atoms with Gasteiger partial charge >= 0.3 is 0 Å². The molecule has 1 amide bonds. The van der Waals surface area contributed by atoms with Gasteiger partial charge in [0.15, 0.2) is 0 Å². The Bertz CT molecular complexity index is 597. The second kappa shape index (κ2) is 5.63. The predicted octanol–water partition coefficient (Wildman–Crippen LogP) is 2.60. The summed E-state index contributed by atoms with van der Waals surface area (Å²) >= 11 is 5.84. The first-order valence-electron chi connectivity index (χ1n) is 5.63. The molecule has 98 valence electrons. The number of halogens is 1. The first-order valence-corrected chi connectivity index (χ1v) is 6.00. The molecule has 0 aromatic heterocycles. The van der Waals surface area contributed by atoms with Gasteiger partial charge in [0.1, 0.15) is 12.4 Å². The predicted molar refractivity (Wildman–Crippen MR) is 75.2 cm³/mol. The van der Waals surface area contributed by atoms with Crippen LogP contribution in [0, 0.1) is 0 Å². The van der Waals surface area contributed by atoms with Crippen molar-refractivity contribution in [3.8, 4) is 5.75 Å². The van der Waals surface area contributed by atoms with E-state index >= 15 is 0 Å². The van der Waals surface area contributed by atoms with E-state index in [4.69, 9.17) is 27.8 Å². The van der Waals surface area contributed by atoms with E-state index in [0.29, 0.717) is 28.6 Å². The molecule has 0 fully saturated rings. The second-order valence-electron chi connectivity index (χ2n) is 4.03. The molecule has 0 aliphatic heterocycles. The van der Waals surface area contributed by atoms with E-state index < -0.39 is 5.91 Å². The number of anilines is 1. The third kappa shape index (κ3) is 3.39. The summed E-state index contributed by atoms with van der Waals surface area (Å²) in [5, 5.41) is 0.523. The van der Waals surface area contributed by atoms with Gasteiger partial charge in [-0.1, -0.05) is 17.7 Å². The third-order valence-corrected chi connectivity index (χ3v) is 2.95. The minimum atomic E-state index is -0.461. The smallest absolute Gasteiger partial charge is 0.248 e. The van der Waals surface area contributed by atoms with Crippen LogP contribution < -0.4 is 16.2 Å². The standard InChI is InChI=1S/C14H13ClN2O2/c15-12-6-1-9(7-13(12)16)8-19-11-4-2-10(3-5-11)14(17)18/h1-7H,8,16H2,(H2,17,18). The van der Waals surface area contributed by atoms with E-state index in [2.05, 4.69) is 0 Å². The van der Waals surface area contributed by atoms with Gasteiger partial charge in [-0.2, -0.15) is 0 Å². The number of hydrogen-bond acceptors (Lipinski definition) is 3. The van der Waals surface area contributed by atoms with Crippen LogP contribution in [0.3, 0.4) is 0 Å². The number of rotatable bonds is 4. The molecule has 2 rings (SSSR count). The number of nitrogen functional groups attached to an aromatic ring is 1. The van der Waals surface area contributed by atoms with Crippen molar-refractivity contribution >= 4 is 23.2 Å². The molecule has 2 aromatic carbocycles. The van der Waals surface area contributed by atoms with Crippen LogP contribution in [-0.4, -0.2) is 5.91 Å². The zero-order valence-electron chi connectivity index (χ0n) is 10.1. The topological polar surface area (TPSA) is 78.3 Å². The first-order chi connectivity index (χ1) is 9.06. The summed E-state index contributed by atoms with van der Waals surface area (Å²) in [6.45, 7) is 0.372. The minimum absolute atomic E-state index is 0.372. The van der Waals surface area contributed by atoms with Gasteiger partial charge in [0.2, 0.25) is 5.91 Å². The fourth-order valence-electron chi connectivity index (χ4n) is 1.57. The van der Waals surface area contributed by atoms with Crippen molar-refractivity contribution in [1.29, 1.82) is 0 Å². The van der Waals surface area contributed by atoms with Crippen molar-refractivity contribution in [3.63, 3.8) is 0 Å². The summed E-state index contributed by atoms with van der Waals surface area (Å²) in [6.07, 6.45) is 0. The lowest BCUT2D eigenvalue weighted by molar-refractivity contribution is 0.100. The molecular weight excluding hydrogens is 264 g/mol. The van der Waals surface area contributed by atoms with E-state index in [0.717, 1.165) is 5.56 Å². The molecule has 4 N–H and O–H groups in total. The van der Waals surface area contributed by atoms with Crippen LogP contribution in [-0.2, 0) is 6.61 Å². The molecule has 19 heavy (non-hydrogen) atoms. The molecule has 4 nitrogen and oxygen atoms in total. The van der Waals surface area contributed by atoms with Crippen molar-refractivity contribution in [3.05, 3.63) is 58.6 Å². The van der Waals surface area contributed by atoms with Crippen molar-refractivity contribution < 1.29 is 9.53 Å². The fraction of sp³-hybridized carbons (Fsp3) is 0.0714. The van der Waals surface area contributed by atoms with Gasteiger partial charge < -0.3 is 16.2 Å². The molecular formula is C14H13ClN2O2. The van der Waals surface area contributed by atoms with Crippen molar-refractivity contribution in [2.75, 3.05) is 5.73 Å². The zero-order chi connectivity index (χ0) is 13.8. The van der Waals surface area contributed by atoms with Crippen molar-refractivity contribution in [2.45, 2.75) is 6.61 Å². The molecule has 5 heteroatoms. The van der Waals surface area contributed by atoms with Gasteiger partial charge in [0.25, 0.3) is 0 Å². The van der Waals surface area contributed by atoms with Gasteiger partial charge in [0.05, 0.1) is 10.7 Å². The normalized spacial score (nSPS) is 10.2.